The Hall–Kier alpha value is -0.870. The van der Waals surface area contributed by atoms with Crippen molar-refractivity contribution in [3.63, 3.8) is 0 Å². The van der Waals surface area contributed by atoms with Crippen LogP contribution in [0.1, 0.15) is 45.2 Å². The maximum Gasteiger partial charge on any atom is 0.0949 e. The third kappa shape index (κ3) is 4.42. The maximum absolute atomic E-state index is 5.74. The molecule has 0 radical (unpaired) electrons. The minimum absolute atomic E-state index is 0.457. The highest BCUT2D eigenvalue weighted by Gasteiger charge is 2.13. The number of hydrogen-bond donors (Lipinski definition) is 1. The van der Waals surface area contributed by atoms with Gasteiger partial charge in [0.1, 0.15) is 0 Å². The highest BCUT2D eigenvalue weighted by molar-refractivity contribution is 4.96. The quantitative estimate of drug-likeness (QED) is 0.843. The molecule has 102 valence electrons. The van der Waals surface area contributed by atoms with Crippen molar-refractivity contribution in [2.75, 3.05) is 6.61 Å². The minimum atomic E-state index is 0.457. The highest BCUT2D eigenvalue weighted by atomic mass is 16.5. The third-order valence-electron chi connectivity index (χ3n) is 3.36. The molecule has 1 aliphatic heterocycles. The molecule has 0 aromatic carbocycles. The molecule has 4 nitrogen and oxygen atoms in total. The van der Waals surface area contributed by atoms with E-state index in [0.29, 0.717) is 12.1 Å². The summed E-state index contributed by atoms with van der Waals surface area (Å²) in [6, 6.07) is 0.505. The molecule has 1 aromatic heterocycles. The van der Waals surface area contributed by atoms with Gasteiger partial charge in [0.15, 0.2) is 0 Å². The Kier molecular flexibility index (Phi) is 5.20. The van der Waals surface area contributed by atoms with Crippen molar-refractivity contribution in [2.24, 2.45) is 0 Å². The minimum Gasteiger partial charge on any atom is -0.378 e. The van der Waals surface area contributed by atoms with Crippen molar-refractivity contribution in [2.45, 2.75) is 64.8 Å². The van der Waals surface area contributed by atoms with E-state index < -0.39 is 0 Å². The number of nitrogens with one attached hydrogen (secondary N) is 1. The van der Waals surface area contributed by atoms with Crippen molar-refractivity contribution in [3.8, 4) is 0 Å². The van der Waals surface area contributed by atoms with Crippen LogP contribution in [0.2, 0.25) is 0 Å². The molecule has 1 aliphatic rings. The summed E-state index contributed by atoms with van der Waals surface area (Å²) in [5, 5.41) is 3.38. The molecule has 4 heteroatoms. The molecule has 0 aliphatic carbocycles. The molecule has 0 saturated carbocycles. The van der Waals surface area contributed by atoms with E-state index in [2.05, 4.69) is 34.9 Å². The molecule has 2 heterocycles. The molecule has 1 N–H and O–H groups in total. The van der Waals surface area contributed by atoms with Crippen molar-refractivity contribution in [3.05, 3.63) is 18.2 Å². The number of hydrogen-bond acceptors (Lipinski definition) is 3. The number of aryl methyl sites for hydroxylation is 1. The molecule has 0 spiro atoms. The lowest BCUT2D eigenvalue weighted by atomic mass is 10.1. The maximum atomic E-state index is 5.74. The first-order valence-electron chi connectivity index (χ1n) is 7.09. The first kappa shape index (κ1) is 13.6. The van der Waals surface area contributed by atoms with Crippen molar-refractivity contribution < 1.29 is 4.74 Å². The van der Waals surface area contributed by atoms with Gasteiger partial charge in [-0.1, -0.05) is 13.8 Å². The summed E-state index contributed by atoms with van der Waals surface area (Å²) in [5.74, 6) is 0. The molecular formula is C14H25N3O. The monoisotopic (exact) mass is 251 g/mol. The molecule has 1 unspecified atom stereocenters. The summed E-state index contributed by atoms with van der Waals surface area (Å²) < 4.78 is 7.92. The summed E-state index contributed by atoms with van der Waals surface area (Å²) >= 11 is 0. The zero-order valence-corrected chi connectivity index (χ0v) is 11.6. The largest absolute Gasteiger partial charge is 0.378 e. The van der Waals surface area contributed by atoms with Gasteiger partial charge >= 0.3 is 0 Å². The van der Waals surface area contributed by atoms with Gasteiger partial charge in [-0.15, -0.1) is 0 Å². The van der Waals surface area contributed by atoms with E-state index in [9.17, 15) is 0 Å². The molecule has 1 atom stereocenters. The Bertz CT molecular complexity index is 343. The first-order valence-corrected chi connectivity index (χ1v) is 7.09. The van der Waals surface area contributed by atoms with Gasteiger partial charge in [-0.2, -0.15) is 0 Å². The average molecular weight is 251 g/mol. The summed E-state index contributed by atoms with van der Waals surface area (Å²) in [7, 11) is 0. The van der Waals surface area contributed by atoms with Crippen LogP contribution in [0.5, 0.6) is 0 Å². The first-order chi connectivity index (χ1) is 8.74. The summed E-state index contributed by atoms with van der Waals surface area (Å²) in [6.07, 6.45) is 9.39. The summed E-state index contributed by atoms with van der Waals surface area (Å²) in [5.41, 5.74) is 1.12. The highest BCUT2D eigenvalue weighted by Crippen LogP contribution is 2.16. The number of ether oxygens (including phenoxy) is 1. The second kappa shape index (κ2) is 6.90. The van der Waals surface area contributed by atoms with Crippen LogP contribution in [0, 0.1) is 0 Å². The van der Waals surface area contributed by atoms with E-state index in [0.717, 1.165) is 31.8 Å². The Morgan fingerprint density at radius 1 is 1.50 bits per heavy atom. The summed E-state index contributed by atoms with van der Waals surface area (Å²) in [6.45, 7) is 7.11. The second-order valence-electron chi connectivity index (χ2n) is 5.42. The predicted molar refractivity (Wildman–Crippen MR) is 72.4 cm³/mol. The van der Waals surface area contributed by atoms with E-state index in [1.807, 2.05) is 6.33 Å². The van der Waals surface area contributed by atoms with Crippen LogP contribution in [0.4, 0.5) is 0 Å². The predicted octanol–water partition coefficient (Wildman–Crippen LogP) is 2.34. The van der Waals surface area contributed by atoms with E-state index in [1.54, 1.807) is 0 Å². The average Bonchev–Trinajstić information content (AvgIpc) is 2.83. The van der Waals surface area contributed by atoms with Crippen LogP contribution >= 0.6 is 0 Å². The fourth-order valence-corrected chi connectivity index (χ4v) is 2.26. The molecule has 1 aromatic rings. The van der Waals surface area contributed by atoms with Gasteiger partial charge in [-0.25, -0.2) is 4.98 Å². The van der Waals surface area contributed by atoms with Gasteiger partial charge in [0.2, 0.25) is 0 Å². The molecule has 0 amide bonds. The van der Waals surface area contributed by atoms with Crippen molar-refractivity contribution in [1.82, 2.24) is 14.9 Å². The van der Waals surface area contributed by atoms with Gasteiger partial charge in [0.05, 0.1) is 18.1 Å². The molecule has 2 rings (SSSR count). The molecule has 1 saturated heterocycles. The number of imidazole rings is 1. The van der Waals surface area contributed by atoms with Crippen LogP contribution in [0.25, 0.3) is 0 Å². The van der Waals surface area contributed by atoms with Crippen molar-refractivity contribution in [1.29, 1.82) is 0 Å². The standard InChI is InChI=1S/C14H25N3O/c1-12(2)15-9-13-10-17(11-16-13)7-6-14-5-3-4-8-18-14/h10-12,14-15H,3-9H2,1-2H3. The van der Waals surface area contributed by atoms with Gasteiger partial charge < -0.3 is 14.6 Å². The van der Waals surface area contributed by atoms with Gasteiger partial charge in [-0.05, 0) is 25.7 Å². The Morgan fingerprint density at radius 3 is 3.11 bits per heavy atom. The van der Waals surface area contributed by atoms with E-state index in [1.165, 1.54) is 19.3 Å². The Labute approximate surface area is 110 Å². The van der Waals surface area contributed by atoms with Crippen LogP contribution in [-0.2, 0) is 17.8 Å². The normalized spacial score (nSPS) is 20.5. The summed E-state index contributed by atoms with van der Waals surface area (Å²) in [4.78, 5) is 4.41. The number of rotatable bonds is 6. The topological polar surface area (TPSA) is 39.1 Å². The molecule has 1 fully saturated rings. The zero-order chi connectivity index (χ0) is 12.8. The van der Waals surface area contributed by atoms with Crippen LogP contribution in [0.3, 0.4) is 0 Å². The van der Waals surface area contributed by atoms with Crippen LogP contribution in [0.15, 0.2) is 12.5 Å². The van der Waals surface area contributed by atoms with E-state index in [4.69, 9.17) is 4.74 Å². The van der Waals surface area contributed by atoms with E-state index in [-0.39, 0.29) is 0 Å². The number of nitrogens with zero attached hydrogens (tertiary/aromatic N) is 2. The lowest BCUT2D eigenvalue weighted by Gasteiger charge is -2.22. The molecule has 0 bridgehead atoms. The fourth-order valence-electron chi connectivity index (χ4n) is 2.26. The number of aromatic nitrogens is 2. The lowest BCUT2D eigenvalue weighted by molar-refractivity contribution is 0.00880. The van der Waals surface area contributed by atoms with E-state index >= 15 is 0 Å². The molecular weight excluding hydrogens is 226 g/mol. The van der Waals surface area contributed by atoms with Crippen molar-refractivity contribution >= 4 is 0 Å². The third-order valence-corrected chi connectivity index (χ3v) is 3.36. The lowest BCUT2D eigenvalue weighted by Crippen LogP contribution is -2.22. The van der Waals surface area contributed by atoms with Gasteiger partial charge in [0, 0.05) is 31.9 Å². The molecule has 18 heavy (non-hydrogen) atoms. The van der Waals surface area contributed by atoms with Crippen LogP contribution < -0.4 is 5.32 Å². The zero-order valence-electron chi connectivity index (χ0n) is 11.6. The smallest absolute Gasteiger partial charge is 0.0949 e. The SMILES string of the molecule is CC(C)NCc1cn(CCC2CCCCO2)cn1. The second-order valence-corrected chi connectivity index (χ2v) is 5.42. The van der Waals surface area contributed by atoms with Crippen LogP contribution in [-0.4, -0.2) is 28.3 Å². The Balaban J connectivity index is 1.72. The fraction of sp³-hybridized carbons (Fsp3) is 0.786. The Morgan fingerprint density at radius 2 is 2.39 bits per heavy atom. The van der Waals surface area contributed by atoms with Gasteiger partial charge in [0.25, 0.3) is 0 Å². The van der Waals surface area contributed by atoms with Gasteiger partial charge in [-0.3, -0.25) is 0 Å².